The van der Waals surface area contributed by atoms with Crippen LogP contribution in [0, 0.1) is 0 Å². The maximum Gasteiger partial charge on any atom is 0.323 e. The largest absolute Gasteiger partial charge is 0.496 e. The second-order valence-corrected chi connectivity index (χ2v) is 5.55. The Morgan fingerprint density at radius 3 is 2.75 bits per heavy atom. The van der Waals surface area contributed by atoms with Gasteiger partial charge in [-0.3, -0.25) is 4.79 Å². The van der Waals surface area contributed by atoms with Crippen LogP contribution in [-0.2, 0) is 17.6 Å². The number of hydrogen-bond donors (Lipinski definition) is 3. The fraction of sp³-hybridized carbons (Fsp3) is 0.222. The number of rotatable bonds is 6. The molecule has 1 heterocycles. The molecule has 0 spiro atoms. The highest BCUT2D eigenvalue weighted by atomic mass is 16.5. The normalized spacial score (nSPS) is 10.7. The van der Waals surface area contributed by atoms with Crippen molar-refractivity contribution in [2.75, 3.05) is 13.7 Å². The zero-order valence-corrected chi connectivity index (χ0v) is 13.4. The number of carbonyl (C=O) groups is 1. The van der Waals surface area contributed by atoms with E-state index in [2.05, 4.69) is 15.3 Å². The molecule has 0 bridgehead atoms. The predicted molar refractivity (Wildman–Crippen MR) is 92.3 cm³/mol. The van der Waals surface area contributed by atoms with Gasteiger partial charge < -0.3 is 20.0 Å². The number of benzene rings is 2. The van der Waals surface area contributed by atoms with Gasteiger partial charge in [0.1, 0.15) is 5.75 Å². The highest BCUT2D eigenvalue weighted by molar-refractivity contribution is 5.81. The molecule has 124 valence electrons. The first kappa shape index (κ1) is 15.9. The smallest absolute Gasteiger partial charge is 0.323 e. The van der Waals surface area contributed by atoms with Crippen molar-refractivity contribution < 1.29 is 9.53 Å². The van der Waals surface area contributed by atoms with E-state index >= 15 is 0 Å². The van der Waals surface area contributed by atoms with Crippen molar-refractivity contribution in [2.24, 2.45) is 0 Å². The molecule has 0 unspecified atom stereocenters. The molecule has 24 heavy (non-hydrogen) atoms. The molecule has 1 amide bonds. The molecule has 0 aliphatic rings. The Morgan fingerprint density at radius 2 is 1.92 bits per heavy atom. The van der Waals surface area contributed by atoms with Crippen molar-refractivity contribution in [1.82, 2.24) is 15.3 Å². The molecule has 0 saturated carbocycles. The van der Waals surface area contributed by atoms with Gasteiger partial charge in [-0.15, -0.1) is 0 Å². The molecule has 3 N–H and O–H groups in total. The quantitative estimate of drug-likeness (QED) is 0.645. The molecule has 0 saturated heterocycles. The van der Waals surface area contributed by atoms with Crippen LogP contribution in [0.5, 0.6) is 5.75 Å². The van der Waals surface area contributed by atoms with E-state index in [1.165, 1.54) is 0 Å². The Labute approximate surface area is 138 Å². The minimum atomic E-state index is -0.247. The molecule has 0 fully saturated rings. The minimum absolute atomic E-state index is 0.0536. The average Bonchev–Trinajstić information content (AvgIpc) is 2.94. The summed E-state index contributed by atoms with van der Waals surface area (Å²) in [7, 11) is 1.64. The Hall–Kier alpha value is -3.02. The van der Waals surface area contributed by atoms with E-state index < -0.39 is 0 Å². The summed E-state index contributed by atoms with van der Waals surface area (Å²) in [6.45, 7) is 0.544. The van der Waals surface area contributed by atoms with Gasteiger partial charge in [0.05, 0.1) is 24.6 Å². The molecule has 3 aromatic rings. The Kier molecular flexibility index (Phi) is 4.65. The van der Waals surface area contributed by atoms with Crippen LogP contribution < -0.4 is 15.7 Å². The van der Waals surface area contributed by atoms with Gasteiger partial charge in [-0.25, -0.2) is 4.79 Å². The summed E-state index contributed by atoms with van der Waals surface area (Å²) in [6.07, 6.45) is 0.981. The molecule has 6 heteroatoms. The van der Waals surface area contributed by atoms with Crippen LogP contribution >= 0.6 is 0 Å². The zero-order valence-electron chi connectivity index (χ0n) is 13.4. The van der Waals surface area contributed by atoms with Gasteiger partial charge in [-0.05, 0) is 35.7 Å². The maximum atomic E-state index is 12.1. The average molecular weight is 325 g/mol. The van der Waals surface area contributed by atoms with Gasteiger partial charge in [0, 0.05) is 6.54 Å². The van der Waals surface area contributed by atoms with Crippen LogP contribution in [0.3, 0.4) is 0 Å². The summed E-state index contributed by atoms with van der Waals surface area (Å²) in [6, 6.07) is 13.2. The molecule has 0 aliphatic carbocycles. The summed E-state index contributed by atoms with van der Waals surface area (Å²) in [4.78, 5) is 28.7. The standard InChI is InChI=1S/C18H19N3O3/c1-24-16-5-3-2-4-13(16)8-9-19-17(22)11-12-6-7-14-15(10-12)21-18(23)20-14/h2-7,10H,8-9,11H2,1H3,(H,19,22)(H2,20,21,23). The number of carbonyl (C=O) groups excluding carboxylic acids is 1. The SMILES string of the molecule is COc1ccccc1CCNC(=O)Cc1ccc2[nH]c(=O)[nH]c2c1. The Morgan fingerprint density at radius 1 is 1.12 bits per heavy atom. The van der Waals surface area contributed by atoms with Crippen LogP contribution in [0.1, 0.15) is 11.1 Å². The topological polar surface area (TPSA) is 87.0 Å². The fourth-order valence-corrected chi connectivity index (χ4v) is 2.68. The minimum Gasteiger partial charge on any atom is -0.496 e. The highest BCUT2D eigenvalue weighted by Gasteiger charge is 2.07. The van der Waals surface area contributed by atoms with Crippen LogP contribution in [0.15, 0.2) is 47.3 Å². The first-order valence-electron chi connectivity index (χ1n) is 7.75. The van der Waals surface area contributed by atoms with Crippen molar-refractivity contribution in [3.8, 4) is 5.75 Å². The van der Waals surface area contributed by atoms with E-state index in [0.29, 0.717) is 18.5 Å². The monoisotopic (exact) mass is 325 g/mol. The van der Waals surface area contributed by atoms with Crippen LogP contribution in [-0.4, -0.2) is 29.5 Å². The number of hydrogen-bond acceptors (Lipinski definition) is 3. The van der Waals surface area contributed by atoms with Gasteiger partial charge >= 0.3 is 5.69 Å². The highest BCUT2D eigenvalue weighted by Crippen LogP contribution is 2.17. The summed E-state index contributed by atoms with van der Waals surface area (Å²) in [5, 5.41) is 2.91. The number of aromatic amines is 2. The lowest BCUT2D eigenvalue weighted by Crippen LogP contribution is -2.27. The fourth-order valence-electron chi connectivity index (χ4n) is 2.68. The summed E-state index contributed by atoms with van der Waals surface area (Å²) in [5.41, 5.74) is 3.11. The van der Waals surface area contributed by atoms with Gasteiger partial charge in [-0.1, -0.05) is 24.3 Å². The lowest BCUT2D eigenvalue weighted by atomic mass is 10.1. The second kappa shape index (κ2) is 7.04. The molecule has 2 aromatic carbocycles. The van der Waals surface area contributed by atoms with Gasteiger partial charge in [0.2, 0.25) is 5.91 Å². The third kappa shape index (κ3) is 3.65. The number of nitrogens with one attached hydrogen (secondary N) is 3. The number of fused-ring (bicyclic) bond motifs is 1. The Bertz CT molecular complexity index is 911. The zero-order chi connectivity index (χ0) is 16.9. The van der Waals surface area contributed by atoms with E-state index in [4.69, 9.17) is 4.74 Å². The second-order valence-electron chi connectivity index (χ2n) is 5.55. The van der Waals surface area contributed by atoms with Crippen molar-refractivity contribution in [1.29, 1.82) is 0 Å². The Balaban J connectivity index is 1.55. The van der Waals surface area contributed by atoms with Crippen molar-refractivity contribution >= 4 is 16.9 Å². The number of methoxy groups -OCH3 is 1. The first-order valence-corrected chi connectivity index (χ1v) is 7.75. The van der Waals surface area contributed by atoms with Crippen LogP contribution in [0.2, 0.25) is 0 Å². The predicted octanol–water partition coefficient (Wildman–Crippen LogP) is 1.77. The van der Waals surface area contributed by atoms with Crippen molar-refractivity contribution in [2.45, 2.75) is 12.8 Å². The molecular weight excluding hydrogens is 306 g/mol. The van der Waals surface area contributed by atoms with Gasteiger partial charge in [0.15, 0.2) is 0 Å². The lowest BCUT2D eigenvalue weighted by Gasteiger charge is -2.09. The third-order valence-corrected chi connectivity index (χ3v) is 3.85. The van der Waals surface area contributed by atoms with Gasteiger partial charge in [-0.2, -0.15) is 0 Å². The number of aromatic nitrogens is 2. The molecule has 0 atom stereocenters. The summed E-state index contributed by atoms with van der Waals surface area (Å²) in [5.74, 6) is 0.774. The van der Waals surface area contributed by atoms with Crippen molar-refractivity contribution in [3.05, 3.63) is 64.1 Å². The molecule has 0 aliphatic heterocycles. The van der Waals surface area contributed by atoms with Crippen LogP contribution in [0.4, 0.5) is 0 Å². The van der Waals surface area contributed by atoms with Crippen LogP contribution in [0.25, 0.3) is 11.0 Å². The number of amides is 1. The van der Waals surface area contributed by atoms with Crippen molar-refractivity contribution in [3.63, 3.8) is 0 Å². The third-order valence-electron chi connectivity index (χ3n) is 3.85. The van der Waals surface area contributed by atoms with E-state index in [1.54, 1.807) is 13.2 Å². The van der Waals surface area contributed by atoms with E-state index in [1.807, 2.05) is 36.4 Å². The summed E-state index contributed by atoms with van der Waals surface area (Å²) < 4.78 is 5.30. The number of imidazole rings is 1. The first-order chi connectivity index (χ1) is 11.7. The molecular formula is C18H19N3O3. The van der Waals surface area contributed by atoms with E-state index in [9.17, 15) is 9.59 Å². The van der Waals surface area contributed by atoms with E-state index in [0.717, 1.165) is 22.4 Å². The molecule has 1 aromatic heterocycles. The number of para-hydroxylation sites is 1. The summed E-state index contributed by atoms with van der Waals surface area (Å²) >= 11 is 0. The van der Waals surface area contributed by atoms with Gasteiger partial charge in [0.25, 0.3) is 0 Å². The molecule has 6 nitrogen and oxygen atoms in total. The molecule has 3 rings (SSSR count). The number of ether oxygens (including phenoxy) is 1. The van der Waals surface area contributed by atoms with E-state index in [-0.39, 0.29) is 18.0 Å². The number of H-pyrrole nitrogens is 2. The lowest BCUT2D eigenvalue weighted by molar-refractivity contribution is -0.120. The molecule has 0 radical (unpaired) electrons. The maximum absolute atomic E-state index is 12.1.